The quantitative estimate of drug-likeness (QED) is 0.154. The summed E-state index contributed by atoms with van der Waals surface area (Å²) in [5.74, 6) is -4.37. The lowest BCUT2D eigenvalue weighted by molar-refractivity contribution is -0.178. The summed E-state index contributed by atoms with van der Waals surface area (Å²) >= 11 is 0. The third-order valence-corrected chi connectivity index (χ3v) is 7.72. The highest BCUT2D eigenvalue weighted by molar-refractivity contribution is 6.07. The summed E-state index contributed by atoms with van der Waals surface area (Å²) in [5, 5.41) is 17.5. The van der Waals surface area contributed by atoms with E-state index in [4.69, 9.17) is 21.6 Å². The molecule has 6 N–H and O–H groups in total. The molecular weight excluding hydrogens is 502 g/mol. The average Bonchev–Trinajstić information content (AvgIpc) is 3.31. The van der Waals surface area contributed by atoms with Crippen molar-refractivity contribution in [1.82, 2.24) is 9.80 Å². The molecule has 206 valence electrons. The number of nitrogens with zero attached hydrogens (tertiary/aromatic N) is 2. The molecule has 2 saturated heterocycles. The number of fused-ring (bicyclic) bond motifs is 1. The first kappa shape index (κ1) is 27.8. The molecule has 4 unspecified atom stereocenters. The number of rotatable bonds is 10. The van der Waals surface area contributed by atoms with Crippen molar-refractivity contribution in [2.24, 2.45) is 29.2 Å². The Bertz CT molecular complexity index is 1280. The number of benzene rings is 2. The van der Waals surface area contributed by atoms with E-state index >= 15 is 0 Å². The van der Waals surface area contributed by atoms with Crippen molar-refractivity contribution in [3.63, 3.8) is 0 Å². The molecule has 2 aromatic rings. The SMILES string of the molecule is CC(C)C1(OC(=O)O)C2C(=O)N(CCc3ccccc3)C(=O)C2C(c2ccc(C(=N)N)cc2)N1CCC(N)=O. The number of nitrogen functional groups attached to an aromatic ring is 1. The first-order valence-corrected chi connectivity index (χ1v) is 12.8. The van der Waals surface area contributed by atoms with Gasteiger partial charge in [-0.2, -0.15) is 0 Å². The second-order valence-corrected chi connectivity index (χ2v) is 10.2. The van der Waals surface area contributed by atoms with Crippen LogP contribution in [-0.4, -0.2) is 63.4 Å². The Balaban J connectivity index is 1.84. The molecule has 2 aliphatic heterocycles. The molecular formula is C28H33N5O6. The van der Waals surface area contributed by atoms with Crippen LogP contribution in [0.5, 0.6) is 0 Å². The van der Waals surface area contributed by atoms with Gasteiger partial charge in [-0.1, -0.05) is 68.4 Å². The summed E-state index contributed by atoms with van der Waals surface area (Å²) in [6.45, 7) is 3.55. The number of likely N-dealkylation sites (tertiary alicyclic amines) is 2. The predicted octanol–water partition coefficient (Wildman–Crippen LogP) is 2.09. The number of primary amides is 1. The lowest BCUT2D eigenvalue weighted by Gasteiger charge is -2.44. The summed E-state index contributed by atoms with van der Waals surface area (Å²) in [4.78, 5) is 54.7. The van der Waals surface area contributed by atoms with Gasteiger partial charge in [-0.05, 0) is 17.5 Å². The van der Waals surface area contributed by atoms with Crippen LogP contribution in [-0.2, 0) is 25.5 Å². The lowest BCUT2D eigenvalue weighted by Crippen LogP contribution is -2.58. The molecule has 0 radical (unpaired) electrons. The molecule has 0 bridgehead atoms. The van der Waals surface area contributed by atoms with Crippen LogP contribution in [0.25, 0.3) is 0 Å². The Kier molecular flexibility index (Phi) is 7.73. The van der Waals surface area contributed by atoms with Crippen LogP contribution in [0, 0.1) is 23.2 Å². The lowest BCUT2D eigenvalue weighted by atomic mass is 9.80. The van der Waals surface area contributed by atoms with Gasteiger partial charge in [0.15, 0.2) is 5.72 Å². The van der Waals surface area contributed by atoms with Gasteiger partial charge in [0.25, 0.3) is 0 Å². The van der Waals surface area contributed by atoms with Gasteiger partial charge in [-0.3, -0.25) is 29.6 Å². The molecule has 2 aliphatic rings. The van der Waals surface area contributed by atoms with E-state index in [-0.39, 0.29) is 25.3 Å². The third-order valence-electron chi connectivity index (χ3n) is 7.72. The minimum absolute atomic E-state index is 0.0303. The molecule has 3 amide bonds. The van der Waals surface area contributed by atoms with Crippen molar-refractivity contribution in [3.05, 3.63) is 71.3 Å². The first-order valence-electron chi connectivity index (χ1n) is 12.8. The average molecular weight is 536 g/mol. The van der Waals surface area contributed by atoms with Gasteiger partial charge in [0.2, 0.25) is 17.7 Å². The summed E-state index contributed by atoms with van der Waals surface area (Å²) in [5.41, 5.74) is 11.4. The molecule has 11 heteroatoms. The number of hydrogen-bond acceptors (Lipinski definition) is 7. The minimum Gasteiger partial charge on any atom is -0.450 e. The largest absolute Gasteiger partial charge is 0.507 e. The Morgan fingerprint density at radius 2 is 1.67 bits per heavy atom. The molecule has 2 aromatic carbocycles. The maximum absolute atomic E-state index is 14.0. The molecule has 4 atom stereocenters. The van der Waals surface area contributed by atoms with Crippen LogP contribution in [0.1, 0.15) is 43.0 Å². The Hall–Kier alpha value is -4.25. The van der Waals surface area contributed by atoms with Gasteiger partial charge in [-0.15, -0.1) is 0 Å². The third kappa shape index (κ3) is 4.97. The fourth-order valence-corrected chi connectivity index (χ4v) is 6.06. The number of amides is 3. The normalized spacial score (nSPS) is 24.7. The Labute approximate surface area is 226 Å². The van der Waals surface area contributed by atoms with Crippen LogP contribution < -0.4 is 11.5 Å². The molecule has 4 rings (SSSR count). The molecule has 2 fully saturated rings. The molecule has 0 aromatic heterocycles. The predicted molar refractivity (Wildman–Crippen MR) is 141 cm³/mol. The minimum atomic E-state index is -1.73. The van der Waals surface area contributed by atoms with E-state index < -0.39 is 53.4 Å². The van der Waals surface area contributed by atoms with Crippen LogP contribution in [0.4, 0.5) is 4.79 Å². The summed E-state index contributed by atoms with van der Waals surface area (Å²) < 4.78 is 5.60. The molecule has 0 saturated carbocycles. The second-order valence-electron chi connectivity index (χ2n) is 10.2. The fourth-order valence-electron chi connectivity index (χ4n) is 6.06. The highest BCUT2D eigenvalue weighted by Gasteiger charge is 2.72. The van der Waals surface area contributed by atoms with Crippen molar-refractivity contribution in [3.8, 4) is 0 Å². The fraction of sp³-hybridized carbons (Fsp3) is 0.393. The first-order chi connectivity index (χ1) is 18.5. The topological polar surface area (TPSA) is 180 Å². The van der Waals surface area contributed by atoms with Gasteiger partial charge in [0.1, 0.15) is 11.8 Å². The summed E-state index contributed by atoms with van der Waals surface area (Å²) in [6.07, 6.45) is -1.30. The van der Waals surface area contributed by atoms with E-state index in [1.165, 1.54) is 4.90 Å². The zero-order valence-corrected chi connectivity index (χ0v) is 21.9. The van der Waals surface area contributed by atoms with Gasteiger partial charge in [0.05, 0.1) is 12.0 Å². The van der Waals surface area contributed by atoms with E-state index in [1.807, 2.05) is 30.3 Å². The molecule has 11 nitrogen and oxygen atoms in total. The summed E-state index contributed by atoms with van der Waals surface area (Å²) in [6, 6.07) is 15.3. The molecule has 39 heavy (non-hydrogen) atoms. The van der Waals surface area contributed by atoms with Gasteiger partial charge >= 0.3 is 6.16 Å². The highest BCUT2D eigenvalue weighted by atomic mass is 16.7. The molecule has 0 spiro atoms. The Morgan fingerprint density at radius 3 is 2.21 bits per heavy atom. The van der Waals surface area contributed by atoms with Crippen LogP contribution in [0.15, 0.2) is 54.6 Å². The number of amidine groups is 1. The molecule has 2 heterocycles. The van der Waals surface area contributed by atoms with Crippen LogP contribution in [0.2, 0.25) is 0 Å². The zero-order chi connectivity index (χ0) is 28.5. The van der Waals surface area contributed by atoms with Crippen molar-refractivity contribution in [1.29, 1.82) is 5.41 Å². The van der Waals surface area contributed by atoms with E-state index in [2.05, 4.69) is 0 Å². The smallest absolute Gasteiger partial charge is 0.450 e. The van der Waals surface area contributed by atoms with E-state index in [1.54, 1.807) is 43.0 Å². The monoisotopic (exact) mass is 535 g/mol. The number of carboxylic acid groups (broad SMARTS) is 1. The van der Waals surface area contributed by atoms with Crippen molar-refractivity contribution in [2.75, 3.05) is 13.1 Å². The maximum Gasteiger partial charge on any atom is 0.507 e. The number of carbonyl (C=O) groups excluding carboxylic acids is 3. The van der Waals surface area contributed by atoms with E-state index in [0.29, 0.717) is 17.5 Å². The second kappa shape index (κ2) is 10.9. The van der Waals surface area contributed by atoms with Crippen molar-refractivity contribution in [2.45, 2.75) is 38.5 Å². The summed E-state index contributed by atoms with van der Waals surface area (Å²) in [7, 11) is 0. The number of ether oxygens (including phenoxy) is 1. The zero-order valence-electron chi connectivity index (χ0n) is 21.9. The van der Waals surface area contributed by atoms with Gasteiger partial charge < -0.3 is 21.3 Å². The van der Waals surface area contributed by atoms with Gasteiger partial charge in [0, 0.05) is 31.0 Å². The van der Waals surface area contributed by atoms with E-state index in [9.17, 15) is 24.3 Å². The number of hydrogen-bond donors (Lipinski definition) is 4. The highest BCUT2D eigenvalue weighted by Crippen LogP contribution is 2.58. The van der Waals surface area contributed by atoms with Crippen molar-refractivity contribution < 1.29 is 29.0 Å². The standard InChI is InChI=1S/C28H33N5O6/c1-16(2)28(39-27(37)38)22-21(25(35)32(26(22)36)14-12-17-6-4-3-5-7-17)23(33(28)15-13-20(29)34)18-8-10-19(11-9-18)24(30)31/h3-11,16,21-23H,12-15H2,1-2H3,(H2,29,34)(H3,30,31)(H,37,38). The van der Waals surface area contributed by atoms with Crippen LogP contribution in [0.3, 0.4) is 0 Å². The maximum atomic E-state index is 14.0. The van der Waals surface area contributed by atoms with Crippen LogP contribution >= 0.6 is 0 Å². The number of imide groups is 1. The molecule has 0 aliphatic carbocycles. The Morgan fingerprint density at radius 1 is 1.03 bits per heavy atom. The van der Waals surface area contributed by atoms with E-state index in [0.717, 1.165) is 5.56 Å². The number of carbonyl (C=O) groups is 4. The number of nitrogens with two attached hydrogens (primary N) is 2. The van der Waals surface area contributed by atoms with Crippen molar-refractivity contribution >= 4 is 29.7 Å². The van der Waals surface area contributed by atoms with Gasteiger partial charge in [-0.25, -0.2) is 4.79 Å². The number of nitrogens with one attached hydrogen (secondary N) is 1.